The van der Waals surface area contributed by atoms with Crippen LogP contribution in [0.1, 0.15) is 27.7 Å². The van der Waals surface area contributed by atoms with Gasteiger partial charge in [0.15, 0.2) is 0 Å². The van der Waals surface area contributed by atoms with E-state index in [1.165, 1.54) is 6.07 Å². The van der Waals surface area contributed by atoms with Gasteiger partial charge in [0.1, 0.15) is 9.09 Å². The first-order valence-corrected chi connectivity index (χ1v) is 9.41. The molecule has 5 nitrogen and oxygen atoms in total. The van der Waals surface area contributed by atoms with E-state index in [2.05, 4.69) is 4.72 Å². The van der Waals surface area contributed by atoms with Crippen molar-refractivity contribution < 1.29 is 18.3 Å². The monoisotopic (exact) mass is 345 g/mol. The third-order valence-electron chi connectivity index (χ3n) is 2.83. The lowest BCUT2D eigenvalue weighted by molar-refractivity contribution is 0.0701. The molecule has 0 fully saturated rings. The molecule has 0 aliphatic heterocycles. The smallest absolute Gasteiger partial charge is 0.346 e. The van der Waals surface area contributed by atoms with Gasteiger partial charge in [0.25, 0.3) is 0 Å². The molecule has 0 radical (unpaired) electrons. The summed E-state index contributed by atoms with van der Waals surface area (Å²) in [6.45, 7) is 3.38. The minimum Gasteiger partial charge on any atom is -0.477 e. The van der Waals surface area contributed by atoms with Gasteiger partial charge < -0.3 is 5.11 Å². The van der Waals surface area contributed by atoms with Crippen molar-refractivity contribution in [3.63, 3.8) is 0 Å². The lowest BCUT2D eigenvalue weighted by Gasteiger charge is -2.12. The fraction of sp³-hybridized carbons (Fsp3) is 0.308. The number of carbonyl (C=O) groups is 1. The van der Waals surface area contributed by atoms with Crippen LogP contribution < -0.4 is 4.72 Å². The zero-order chi connectivity index (χ0) is 15.6. The lowest BCUT2D eigenvalue weighted by atomic mass is 10.1. The minimum absolute atomic E-state index is 0.0366. The van der Waals surface area contributed by atoms with Crippen molar-refractivity contribution in [3.8, 4) is 0 Å². The van der Waals surface area contributed by atoms with Gasteiger partial charge in [0, 0.05) is 6.04 Å². The maximum absolute atomic E-state index is 12.3. The second-order valence-corrected chi connectivity index (χ2v) is 8.51. The summed E-state index contributed by atoms with van der Waals surface area (Å²) in [5.41, 5.74) is 1.53. The summed E-state index contributed by atoms with van der Waals surface area (Å²) < 4.78 is 27.2. The Morgan fingerprint density at radius 2 is 2.19 bits per heavy atom. The number of carboxylic acid groups (broad SMARTS) is 1. The SMILES string of the molecule is Cc1cc(S(=O)(=O)NC(C)Cc2ccsc2)sc1C(=O)O. The van der Waals surface area contributed by atoms with E-state index in [0.717, 1.165) is 16.9 Å². The Bertz CT molecular complexity index is 732. The Kier molecular flexibility index (Phi) is 4.82. The van der Waals surface area contributed by atoms with Crippen molar-refractivity contribution in [3.05, 3.63) is 38.9 Å². The topological polar surface area (TPSA) is 83.5 Å². The Morgan fingerprint density at radius 1 is 1.48 bits per heavy atom. The molecule has 1 unspecified atom stereocenters. The second-order valence-electron chi connectivity index (χ2n) is 4.74. The predicted octanol–water partition coefficient (Wildman–Crippen LogP) is 2.73. The normalized spacial score (nSPS) is 13.2. The molecule has 21 heavy (non-hydrogen) atoms. The van der Waals surface area contributed by atoms with Gasteiger partial charge in [-0.2, -0.15) is 11.3 Å². The molecular formula is C13H15NO4S3. The molecule has 114 valence electrons. The standard InChI is InChI=1S/C13H15NO4S3/c1-8-5-11(20-12(8)13(15)16)21(17,18)14-9(2)6-10-3-4-19-7-10/h3-5,7,9,14H,6H2,1-2H3,(H,15,16). The number of carboxylic acids is 1. The third-order valence-corrected chi connectivity index (χ3v) is 6.85. The Labute approximate surface area is 131 Å². The van der Waals surface area contributed by atoms with Crippen molar-refractivity contribution in [1.82, 2.24) is 4.72 Å². The van der Waals surface area contributed by atoms with E-state index >= 15 is 0 Å². The van der Waals surface area contributed by atoms with Crippen LogP contribution in [-0.2, 0) is 16.4 Å². The number of rotatable bonds is 6. The number of thiophene rings is 2. The van der Waals surface area contributed by atoms with E-state index in [4.69, 9.17) is 5.11 Å². The van der Waals surface area contributed by atoms with Gasteiger partial charge in [-0.25, -0.2) is 17.9 Å². The molecule has 1 atom stereocenters. The van der Waals surface area contributed by atoms with Gasteiger partial charge in [0.05, 0.1) is 0 Å². The van der Waals surface area contributed by atoms with Gasteiger partial charge in [-0.1, -0.05) is 0 Å². The average Bonchev–Trinajstić information content (AvgIpc) is 2.97. The lowest BCUT2D eigenvalue weighted by Crippen LogP contribution is -2.33. The van der Waals surface area contributed by atoms with E-state index in [1.807, 2.05) is 16.8 Å². The summed E-state index contributed by atoms with van der Waals surface area (Å²) in [4.78, 5) is 11.0. The molecule has 2 N–H and O–H groups in total. The molecule has 0 aliphatic carbocycles. The molecule has 8 heteroatoms. The van der Waals surface area contributed by atoms with Crippen LogP contribution in [-0.4, -0.2) is 25.5 Å². The number of aryl methyl sites for hydroxylation is 1. The highest BCUT2D eigenvalue weighted by Crippen LogP contribution is 2.26. The number of aromatic carboxylic acids is 1. The zero-order valence-corrected chi connectivity index (χ0v) is 13.9. The summed E-state index contributed by atoms with van der Waals surface area (Å²) in [6.07, 6.45) is 0.596. The van der Waals surface area contributed by atoms with Crippen LogP contribution in [0.15, 0.2) is 27.1 Å². The van der Waals surface area contributed by atoms with Crippen molar-refractivity contribution in [2.75, 3.05) is 0 Å². The van der Waals surface area contributed by atoms with Crippen LogP contribution >= 0.6 is 22.7 Å². The second kappa shape index (κ2) is 6.27. The van der Waals surface area contributed by atoms with Gasteiger partial charge in [-0.3, -0.25) is 0 Å². The molecule has 2 aromatic rings. The van der Waals surface area contributed by atoms with E-state index in [1.54, 1.807) is 25.2 Å². The summed E-state index contributed by atoms with van der Waals surface area (Å²) in [6, 6.07) is 3.08. The molecule has 2 heterocycles. The van der Waals surface area contributed by atoms with E-state index in [-0.39, 0.29) is 15.1 Å². The summed E-state index contributed by atoms with van der Waals surface area (Å²) >= 11 is 2.34. The Balaban J connectivity index is 2.14. The Morgan fingerprint density at radius 3 is 2.71 bits per heavy atom. The van der Waals surface area contributed by atoms with Crippen LogP contribution in [0.5, 0.6) is 0 Å². The fourth-order valence-electron chi connectivity index (χ4n) is 1.92. The number of nitrogens with one attached hydrogen (secondary N) is 1. The molecule has 0 aliphatic rings. The average molecular weight is 345 g/mol. The van der Waals surface area contributed by atoms with Crippen molar-refractivity contribution in [2.24, 2.45) is 0 Å². The minimum atomic E-state index is -3.69. The first-order chi connectivity index (χ1) is 9.79. The maximum atomic E-state index is 12.3. The van der Waals surface area contributed by atoms with Crippen molar-refractivity contribution in [1.29, 1.82) is 0 Å². The van der Waals surface area contributed by atoms with Gasteiger partial charge in [-0.05, 0) is 54.3 Å². The molecule has 2 rings (SSSR count). The number of hydrogen-bond acceptors (Lipinski definition) is 5. The van der Waals surface area contributed by atoms with Gasteiger partial charge in [-0.15, -0.1) is 11.3 Å². The molecule has 0 spiro atoms. The van der Waals surface area contributed by atoms with Crippen molar-refractivity contribution >= 4 is 38.7 Å². The summed E-state index contributed by atoms with van der Waals surface area (Å²) in [5, 5.41) is 12.9. The number of sulfonamides is 1. The molecule has 0 saturated carbocycles. The largest absolute Gasteiger partial charge is 0.477 e. The van der Waals surface area contributed by atoms with Crippen LogP contribution in [0.4, 0.5) is 0 Å². The fourth-order valence-corrected chi connectivity index (χ4v) is 5.24. The molecule has 2 aromatic heterocycles. The van der Waals surface area contributed by atoms with Crippen LogP contribution in [0.25, 0.3) is 0 Å². The van der Waals surface area contributed by atoms with Crippen LogP contribution in [0, 0.1) is 6.92 Å². The summed E-state index contributed by atoms with van der Waals surface area (Å²) in [7, 11) is -3.69. The molecule has 0 aromatic carbocycles. The van der Waals surface area contributed by atoms with Crippen LogP contribution in [0.2, 0.25) is 0 Å². The molecule has 0 saturated heterocycles. The first-order valence-electron chi connectivity index (χ1n) is 6.16. The van der Waals surface area contributed by atoms with Gasteiger partial charge in [0.2, 0.25) is 10.0 Å². The van der Waals surface area contributed by atoms with E-state index < -0.39 is 16.0 Å². The molecule has 0 bridgehead atoms. The molecular weight excluding hydrogens is 330 g/mol. The first kappa shape index (κ1) is 16.2. The van der Waals surface area contributed by atoms with Crippen molar-refractivity contribution in [2.45, 2.75) is 30.5 Å². The zero-order valence-electron chi connectivity index (χ0n) is 11.5. The summed E-state index contributed by atoms with van der Waals surface area (Å²) in [5.74, 6) is -1.11. The Hall–Kier alpha value is -1.22. The predicted molar refractivity (Wildman–Crippen MR) is 83.8 cm³/mol. The molecule has 0 amide bonds. The highest BCUT2D eigenvalue weighted by atomic mass is 32.2. The highest BCUT2D eigenvalue weighted by Gasteiger charge is 2.23. The van der Waals surface area contributed by atoms with Gasteiger partial charge >= 0.3 is 5.97 Å². The van der Waals surface area contributed by atoms with E-state index in [9.17, 15) is 13.2 Å². The van der Waals surface area contributed by atoms with E-state index in [0.29, 0.717) is 12.0 Å². The van der Waals surface area contributed by atoms with Crippen LogP contribution in [0.3, 0.4) is 0 Å². The third kappa shape index (κ3) is 3.91. The maximum Gasteiger partial charge on any atom is 0.346 e. The highest BCUT2D eigenvalue weighted by molar-refractivity contribution is 7.91. The number of hydrogen-bond donors (Lipinski definition) is 2. The quantitative estimate of drug-likeness (QED) is 0.843.